The summed E-state index contributed by atoms with van der Waals surface area (Å²) in [6.45, 7) is 12.6. The Morgan fingerprint density at radius 1 is 1.00 bits per heavy atom. The van der Waals surface area contributed by atoms with E-state index in [-0.39, 0.29) is 40.6 Å². The minimum atomic E-state index is -1.09. The van der Waals surface area contributed by atoms with Crippen molar-refractivity contribution in [1.29, 1.82) is 0 Å². The number of allylic oxidation sites excluding steroid dienone is 1. The quantitative estimate of drug-likeness (QED) is 0.361. The van der Waals surface area contributed by atoms with Crippen molar-refractivity contribution in [3.05, 3.63) is 11.6 Å². The number of carbonyl (C=O) groups is 1. The van der Waals surface area contributed by atoms with Crippen LogP contribution in [0.4, 0.5) is 0 Å². The van der Waals surface area contributed by atoms with Crippen molar-refractivity contribution in [2.45, 2.75) is 111 Å². The molecule has 0 aromatic carbocycles. The summed E-state index contributed by atoms with van der Waals surface area (Å²) >= 11 is 0. The van der Waals surface area contributed by atoms with E-state index in [2.05, 4.69) is 33.8 Å². The molecule has 6 heteroatoms. The van der Waals surface area contributed by atoms with Gasteiger partial charge in [-0.3, -0.25) is 4.79 Å². The zero-order valence-corrected chi connectivity index (χ0v) is 23.0. The van der Waals surface area contributed by atoms with Gasteiger partial charge in [0, 0.05) is 11.3 Å². The average Bonchev–Trinajstić information content (AvgIpc) is 2.80. The highest BCUT2D eigenvalue weighted by molar-refractivity contribution is 5.77. The van der Waals surface area contributed by atoms with E-state index in [0.717, 1.165) is 37.7 Å². The zero-order valence-electron chi connectivity index (χ0n) is 23.0. The lowest BCUT2D eigenvalue weighted by molar-refractivity contribution is -0.247. The maximum absolute atomic E-state index is 12.8. The fourth-order valence-electron chi connectivity index (χ4n) is 11.0. The standard InChI is InChI=1S/C30H48O6/c1-17-9-12-30(24(34)35)14-13-27(4)18(22(30)29(17,6)36)7-8-21-25(2)15-19(32)23(33)26(3,16-31)20(25)10-11-28(21,27)5/h7,17,19-23,31-33,36H,8-16H2,1-6H3,(H,34,35)/t17-,19-,20+,21-,22-,23+,25+,26+,27-,28-,29-,30+/m1/s1. The summed E-state index contributed by atoms with van der Waals surface area (Å²) in [5.74, 6) is -0.834. The van der Waals surface area contributed by atoms with Crippen LogP contribution in [0.2, 0.25) is 0 Å². The second kappa shape index (κ2) is 7.80. The smallest absolute Gasteiger partial charge is 0.310 e. The highest BCUT2D eigenvalue weighted by Crippen LogP contribution is 2.76. The molecule has 0 aromatic rings. The minimum Gasteiger partial charge on any atom is -0.481 e. The molecule has 0 aromatic heterocycles. The number of fused-ring (bicyclic) bond motifs is 7. The Kier molecular flexibility index (Phi) is 5.77. The Morgan fingerprint density at radius 3 is 2.28 bits per heavy atom. The van der Waals surface area contributed by atoms with E-state index in [9.17, 15) is 30.3 Å². The predicted molar refractivity (Wildman–Crippen MR) is 137 cm³/mol. The fourth-order valence-corrected chi connectivity index (χ4v) is 11.0. The van der Waals surface area contributed by atoms with Crippen molar-refractivity contribution in [2.24, 2.45) is 50.7 Å². The van der Waals surface area contributed by atoms with Crippen molar-refractivity contribution < 1.29 is 30.3 Å². The van der Waals surface area contributed by atoms with Crippen LogP contribution in [0.1, 0.15) is 92.9 Å². The Hall–Kier alpha value is -0.950. The van der Waals surface area contributed by atoms with Crippen LogP contribution in [0.15, 0.2) is 11.6 Å². The molecule has 0 aliphatic heterocycles. The Bertz CT molecular complexity index is 974. The molecule has 0 heterocycles. The highest BCUT2D eigenvalue weighted by Gasteiger charge is 2.72. The summed E-state index contributed by atoms with van der Waals surface area (Å²) in [7, 11) is 0. The van der Waals surface area contributed by atoms with E-state index in [1.165, 1.54) is 0 Å². The van der Waals surface area contributed by atoms with Gasteiger partial charge >= 0.3 is 5.97 Å². The minimum absolute atomic E-state index is 0.0252. The Morgan fingerprint density at radius 2 is 1.67 bits per heavy atom. The van der Waals surface area contributed by atoms with E-state index in [1.54, 1.807) is 0 Å². The Labute approximate surface area is 216 Å². The van der Waals surface area contributed by atoms with Gasteiger partial charge in [-0.1, -0.05) is 46.3 Å². The van der Waals surface area contributed by atoms with Gasteiger partial charge in [0.1, 0.15) is 0 Å². The summed E-state index contributed by atoms with van der Waals surface area (Å²) < 4.78 is 0. The van der Waals surface area contributed by atoms with E-state index in [1.807, 2.05) is 13.8 Å². The monoisotopic (exact) mass is 504 g/mol. The summed E-state index contributed by atoms with van der Waals surface area (Å²) in [5.41, 5.74) is -2.28. The van der Waals surface area contributed by atoms with Gasteiger partial charge in [0.2, 0.25) is 0 Å². The molecule has 0 bridgehead atoms. The molecule has 5 rings (SSSR count). The fraction of sp³-hybridized carbons (Fsp3) is 0.900. The summed E-state index contributed by atoms with van der Waals surface area (Å²) in [5, 5.41) is 54.8. The van der Waals surface area contributed by atoms with Gasteiger partial charge < -0.3 is 25.5 Å². The molecule has 4 saturated carbocycles. The molecule has 0 unspecified atom stereocenters. The first-order chi connectivity index (χ1) is 16.6. The van der Waals surface area contributed by atoms with Crippen LogP contribution in [-0.4, -0.2) is 55.9 Å². The van der Waals surface area contributed by atoms with Gasteiger partial charge in [-0.2, -0.15) is 0 Å². The highest BCUT2D eigenvalue weighted by atomic mass is 16.4. The second-order valence-electron chi connectivity index (χ2n) is 14.7. The van der Waals surface area contributed by atoms with Gasteiger partial charge in [-0.05, 0) is 92.3 Å². The van der Waals surface area contributed by atoms with Crippen molar-refractivity contribution in [1.82, 2.24) is 0 Å². The molecule has 0 amide bonds. The number of hydrogen-bond acceptors (Lipinski definition) is 5. The number of aliphatic hydroxyl groups is 4. The molecular formula is C30H48O6. The molecule has 0 radical (unpaired) electrons. The molecule has 5 aliphatic rings. The molecule has 5 aliphatic carbocycles. The van der Waals surface area contributed by atoms with E-state index < -0.39 is 40.5 Å². The molecule has 204 valence electrons. The lowest BCUT2D eigenvalue weighted by atomic mass is 9.33. The van der Waals surface area contributed by atoms with Gasteiger partial charge in [-0.15, -0.1) is 0 Å². The van der Waals surface area contributed by atoms with Crippen LogP contribution in [0.5, 0.6) is 0 Å². The number of carboxylic acid groups (broad SMARTS) is 1. The summed E-state index contributed by atoms with van der Waals surface area (Å²) in [4.78, 5) is 12.8. The van der Waals surface area contributed by atoms with Gasteiger partial charge in [0.25, 0.3) is 0 Å². The maximum Gasteiger partial charge on any atom is 0.310 e. The number of aliphatic carboxylic acids is 1. The summed E-state index contributed by atoms with van der Waals surface area (Å²) in [6, 6.07) is 0. The Balaban J connectivity index is 1.65. The third kappa shape index (κ3) is 2.91. The lowest BCUT2D eigenvalue weighted by Crippen LogP contribution is -2.69. The number of aliphatic hydroxyl groups excluding tert-OH is 3. The largest absolute Gasteiger partial charge is 0.481 e. The van der Waals surface area contributed by atoms with E-state index in [0.29, 0.717) is 19.3 Å². The first kappa shape index (κ1) is 26.6. The molecule has 0 spiro atoms. The first-order valence-electron chi connectivity index (χ1n) is 14.2. The SMILES string of the molecule is C[C@@H]1CC[C@]2(C(=O)O)CC[C@]3(C)C(=CC[C@@H]4[C@@]5(C)C[C@@H](O)[C@H](O)[C@@](C)(CO)[C@H]5CC[C@]43C)[C@@H]2[C@]1(C)O. The van der Waals surface area contributed by atoms with E-state index in [4.69, 9.17) is 0 Å². The second-order valence-corrected chi connectivity index (χ2v) is 14.7. The molecule has 36 heavy (non-hydrogen) atoms. The molecule has 4 fully saturated rings. The van der Waals surface area contributed by atoms with Crippen molar-refractivity contribution >= 4 is 5.97 Å². The number of hydrogen-bond donors (Lipinski definition) is 5. The first-order valence-corrected chi connectivity index (χ1v) is 14.2. The average molecular weight is 505 g/mol. The van der Waals surface area contributed by atoms with E-state index >= 15 is 0 Å². The van der Waals surface area contributed by atoms with Crippen molar-refractivity contribution in [3.63, 3.8) is 0 Å². The van der Waals surface area contributed by atoms with Crippen LogP contribution in [0.25, 0.3) is 0 Å². The third-order valence-corrected chi connectivity index (χ3v) is 13.6. The van der Waals surface area contributed by atoms with Crippen LogP contribution < -0.4 is 0 Å². The molecule has 12 atom stereocenters. The van der Waals surface area contributed by atoms with Gasteiger partial charge in [0.05, 0.1) is 29.8 Å². The normalized spacial score (nSPS) is 58.6. The molecule has 0 saturated heterocycles. The predicted octanol–water partition coefficient (Wildman–Crippen LogP) is 4.15. The number of carboxylic acids is 1. The summed E-state index contributed by atoms with van der Waals surface area (Å²) in [6.07, 6.45) is 6.20. The molecular weight excluding hydrogens is 456 g/mol. The van der Waals surface area contributed by atoms with Crippen LogP contribution >= 0.6 is 0 Å². The zero-order chi connectivity index (χ0) is 26.7. The van der Waals surface area contributed by atoms with Crippen LogP contribution in [-0.2, 0) is 4.79 Å². The molecule has 5 N–H and O–H groups in total. The number of rotatable bonds is 2. The molecule has 6 nitrogen and oxygen atoms in total. The lowest BCUT2D eigenvalue weighted by Gasteiger charge is -2.72. The van der Waals surface area contributed by atoms with Crippen molar-refractivity contribution in [3.8, 4) is 0 Å². The van der Waals surface area contributed by atoms with Crippen LogP contribution in [0, 0.1) is 50.7 Å². The van der Waals surface area contributed by atoms with Gasteiger partial charge in [-0.25, -0.2) is 0 Å². The topological polar surface area (TPSA) is 118 Å². The van der Waals surface area contributed by atoms with Gasteiger partial charge in [0.15, 0.2) is 0 Å². The maximum atomic E-state index is 12.8. The third-order valence-electron chi connectivity index (χ3n) is 13.6. The van der Waals surface area contributed by atoms with Crippen LogP contribution in [0.3, 0.4) is 0 Å². The van der Waals surface area contributed by atoms with Crippen molar-refractivity contribution in [2.75, 3.05) is 6.61 Å².